The fraction of sp³-hybridized carbons (Fsp3) is 0.611. The predicted molar refractivity (Wildman–Crippen MR) is 97.4 cm³/mol. The zero-order chi connectivity index (χ0) is 16.8. The molecule has 4 nitrogen and oxygen atoms in total. The number of carbonyl (C=O) groups is 1. The van der Waals surface area contributed by atoms with Crippen LogP contribution in [0.15, 0.2) is 10.5 Å². The fourth-order valence-corrected chi connectivity index (χ4v) is 6.86. The van der Waals surface area contributed by atoms with Crippen LogP contribution in [-0.2, 0) is 16.6 Å². The Labute approximate surface area is 158 Å². The van der Waals surface area contributed by atoms with Crippen LogP contribution < -0.4 is 9.47 Å². The third kappa shape index (κ3) is 1.65. The molecule has 1 aromatic carbocycles. The van der Waals surface area contributed by atoms with E-state index in [1.165, 1.54) is 11.1 Å². The van der Waals surface area contributed by atoms with Crippen LogP contribution >= 0.6 is 31.9 Å². The lowest BCUT2D eigenvalue weighted by Crippen LogP contribution is -2.67. The molecule has 2 bridgehead atoms. The maximum absolute atomic E-state index is 13.0. The Balaban J connectivity index is 1.83. The smallest absolute Gasteiger partial charge is 0.187 e. The van der Waals surface area contributed by atoms with E-state index in [2.05, 4.69) is 43.8 Å². The van der Waals surface area contributed by atoms with E-state index in [1.807, 2.05) is 6.07 Å². The molecule has 3 unspecified atom stereocenters. The van der Waals surface area contributed by atoms with Gasteiger partial charge in [-0.05, 0) is 50.4 Å². The number of piperidine rings is 1. The van der Waals surface area contributed by atoms with Gasteiger partial charge in [-0.15, -0.1) is 0 Å². The van der Waals surface area contributed by atoms with Gasteiger partial charge in [-0.25, -0.2) is 0 Å². The van der Waals surface area contributed by atoms with Gasteiger partial charge < -0.3 is 14.4 Å². The first-order chi connectivity index (χ1) is 11.5. The number of likely N-dealkylation sites (tertiary alicyclic amines) is 1. The third-order valence-corrected chi connectivity index (χ3v) is 8.23. The number of methoxy groups -OCH3 is 1. The molecule has 1 saturated carbocycles. The molecule has 1 aromatic rings. The first-order valence-corrected chi connectivity index (χ1v) is 10.1. The van der Waals surface area contributed by atoms with Gasteiger partial charge in [-0.3, -0.25) is 4.79 Å². The Kier molecular flexibility index (Phi) is 3.25. The average molecular weight is 457 g/mol. The molecule has 2 heterocycles. The van der Waals surface area contributed by atoms with Gasteiger partial charge in [-0.2, -0.15) is 0 Å². The molecule has 2 aliphatic carbocycles. The molecule has 24 heavy (non-hydrogen) atoms. The lowest BCUT2D eigenvalue weighted by molar-refractivity contribution is -0.137. The van der Waals surface area contributed by atoms with Crippen molar-refractivity contribution in [3.63, 3.8) is 0 Å². The van der Waals surface area contributed by atoms with E-state index in [9.17, 15) is 4.79 Å². The molecule has 0 amide bonds. The SMILES string of the molecule is COc1cc(Br)c2c3c1O[C@@H]1C(=O)C(Br)CC4C(C2)N(C)CC[C@]341. The van der Waals surface area contributed by atoms with Crippen molar-refractivity contribution >= 4 is 37.6 Å². The van der Waals surface area contributed by atoms with E-state index in [4.69, 9.17) is 9.47 Å². The molecular weight excluding hydrogens is 438 g/mol. The van der Waals surface area contributed by atoms with Gasteiger partial charge in [0.2, 0.25) is 0 Å². The van der Waals surface area contributed by atoms with E-state index in [0.717, 1.165) is 41.8 Å². The summed E-state index contributed by atoms with van der Waals surface area (Å²) in [7, 11) is 3.88. The zero-order valence-electron chi connectivity index (χ0n) is 13.6. The molecule has 2 aliphatic heterocycles. The number of ether oxygens (including phenoxy) is 2. The maximum atomic E-state index is 13.0. The Hall–Kier alpha value is -0.590. The number of carbonyl (C=O) groups excluding carboxylic acids is 1. The maximum Gasteiger partial charge on any atom is 0.187 e. The molecule has 4 aliphatic rings. The molecule has 0 radical (unpaired) electrons. The first kappa shape index (κ1) is 15.6. The molecule has 6 heteroatoms. The van der Waals surface area contributed by atoms with E-state index in [0.29, 0.717) is 12.0 Å². The molecule has 0 N–H and O–H groups in total. The normalized spacial score (nSPS) is 39.4. The second kappa shape index (κ2) is 4.98. The minimum atomic E-state index is -0.380. The highest BCUT2D eigenvalue weighted by Crippen LogP contribution is 2.64. The number of likely N-dealkylation sites (N-methyl/N-ethyl adjacent to an activating group) is 1. The molecular formula is C18H19Br2NO3. The summed E-state index contributed by atoms with van der Waals surface area (Å²) in [6.45, 7) is 1.01. The highest BCUT2D eigenvalue weighted by Gasteiger charge is 2.67. The largest absolute Gasteiger partial charge is 0.493 e. The number of hydrogen-bond donors (Lipinski definition) is 0. The minimum Gasteiger partial charge on any atom is -0.493 e. The number of halogens is 2. The van der Waals surface area contributed by atoms with Crippen LogP contribution in [0.5, 0.6) is 11.5 Å². The molecule has 1 spiro atoms. The number of ketones is 1. The number of rotatable bonds is 1. The Bertz CT molecular complexity index is 767. The van der Waals surface area contributed by atoms with E-state index < -0.39 is 0 Å². The second-order valence-electron chi connectivity index (χ2n) is 7.50. The molecule has 5 atom stereocenters. The number of Topliss-reactive ketones (excluding diaryl/α,β-unsaturated/α-hetero) is 1. The summed E-state index contributed by atoms with van der Waals surface area (Å²) in [5, 5.41) is 0. The monoisotopic (exact) mass is 455 g/mol. The molecule has 2 fully saturated rings. The predicted octanol–water partition coefficient (Wildman–Crippen LogP) is 3.07. The van der Waals surface area contributed by atoms with Gasteiger partial charge in [-0.1, -0.05) is 31.9 Å². The average Bonchev–Trinajstić information content (AvgIpc) is 2.90. The Morgan fingerprint density at radius 3 is 3.00 bits per heavy atom. The van der Waals surface area contributed by atoms with Crippen LogP contribution in [0, 0.1) is 5.92 Å². The number of benzene rings is 1. The standard InChI is InChI=1S/C18H19Br2NO3/c1-21-4-3-18-9-6-11(20)15(22)17(18)24-16-13(23-2)7-10(19)8(14(16)18)5-12(9)21/h7,9,11-12,17H,3-6H2,1-2H3/t9?,11?,12?,17-,18-/m1/s1. The van der Waals surface area contributed by atoms with Crippen molar-refractivity contribution in [3.05, 3.63) is 21.7 Å². The lowest BCUT2D eigenvalue weighted by atomic mass is 9.51. The highest BCUT2D eigenvalue weighted by atomic mass is 79.9. The summed E-state index contributed by atoms with van der Waals surface area (Å²) >= 11 is 7.37. The summed E-state index contributed by atoms with van der Waals surface area (Å²) in [4.78, 5) is 15.3. The van der Waals surface area contributed by atoms with Crippen LogP contribution in [0.1, 0.15) is 24.0 Å². The quantitative estimate of drug-likeness (QED) is 0.609. The van der Waals surface area contributed by atoms with Gasteiger partial charge in [0.15, 0.2) is 23.4 Å². The fourth-order valence-electron chi connectivity index (χ4n) is 5.65. The summed E-state index contributed by atoms with van der Waals surface area (Å²) in [5.74, 6) is 2.18. The molecule has 1 saturated heterocycles. The summed E-state index contributed by atoms with van der Waals surface area (Å²) in [6, 6.07) is 2.45. The van der Waals surface area contributed by atoms with E-state index >= 15 is 0 Å². The Morgan fingerprint density at radius 1 is 1.46 bits per heavy atom. The highest BCUT2D eigenvalue weighted by molar-refractivity contribution is 9.10. The van der Waals surface area contributed by atoms with Gasteiger partial charge >= 0.3 is 0 Å². The van der Waals surface area contributed by atoms with Gasteiger partial charge in [0.1, 0.15) is 0 Å². The van der Waals surface area contributed by atoms with Crippen molar-refractivity contribution in [3.8, 4) is 11.5 Å². The first-order valence-electron chi connectivity index (χ1n) is 8.43. The van der Waals surface area contributed by atoms with Crippen molar-refractivity contribution < 1.29 is 14.3 Å². The summed E-state index contributed by atoms with van der Waals surface area (Å²) in [5.41, 5.74) is 2.38. The topological polar surface area (TPSA) is 38.8 Å². The molecule has 0 aromatic heterocycles. The van der Waals surface area contributed by atoms with Gasteiger partial charge in [0.05, 0.1) is 11.9 Å². The van der Waals surface area contributed by atoms with Crippen molar-refractivity contribution in [2.24, 2.45) is 5.92 Å². The van der Waals surface area contributed by atoms with Crippen molar-refractivity contribution in [2.75, 3.05) is 20.7 Å². The van der Waals surface area contributed by atoms with E-state index in [1.54, 1.807) is 7.11 Å². The lowest BCUT2D eigenvalue weighted by Gasteiger charge is -2.57. The van der Waals surface area contributed by atoms with Crippen LogP contribution in [0.2, 0.25) is 0 Å². The van der Waals surface area contributed by atoms with Crippen LogP contribution in [0.3, 0.4) is 0 Å². The zero-order valence-corrected chi connectivity index (χ0v) is 16.8. The van der Waals surface area contributed by atoms with Crippen molar-refractivity contribution in [1.29, 1.82) is 0 Å². The van der Waals surface area contributed by atoms with Crippen molar-refractivity contribution in [1.82, 2.24) is 4.90 Å². The van der Waals surface area contributed by atoms with Crippen molar-refractivity contribution in [2.45, 2.75) is 41.7 Å². The number of nitrogens with zero attached hydrogens (tertiary/aromatic N) is 1. The Morgan fingerprint density at radius 2 is 2.25 bits per heavy atom. The van der Waals surface area contributed by atoms with Crippen LogP contribution in [-0.4, -0.2) is 48.4 Å². The van der Waals surface area contributed by atoms with Gasteiger partial charge in [0.25, 0.3) is 0 Å². The molecule has 5 rings (SSSR count). The van der Waals surface area contributed by atoms with Gasteiger partial charge in [0, 0.05) is 21.5 Å². The summed E-state index contributed by atoms with van der Waals surface area (Å²) in [6.07, 6.45) is 2.48. The van der Waals surface area contributed by atoms with Crippen LogP contribution in [0.25, 0.3) is 0 Å². The number of hydrogen-bond acceptors (Lipinski definition) is 4. The number of alkyl halides is 1. The van der Waals surface area contributed by atoms with E-state index in [-0.39, 0.29) is 22.1 Å². The minimum absolute atomic E-state index is 0.111. The molecule has 128 valence electrons. The third-order valence-electron chi connectivity index (χ3n) is 6.70. The second-order valence-corrected chi connectivity index (χ2v) is 9.46. The van der Waals surface area contributed by atoms with Crippen LogP contribution in [0.4, 0.5) is 0 Å². The summed E-state index contributed by atoms with van der Waals surface area (Å²) < 4.78 is 13.0.